The Kier molecular flexibility index (Phi) is 3.55. The van der Waals surface area contributed by atoms with Crippen LogP contribution in [0.5, 0.6) is 5.75 Å². The van der Waals surface area contributed by atoms with Crippen LogP contribution in [0.15, 0.2) is 48.5 Å². The van der Waals surface area contributed by atoms with E-state index in [0.29, 0.717) is 18.4 Å². The summed E-state index contributed by atoms with van der Waals surface area (Å²) in [5, 5.41) is 0. The molecule has 0 unspecified atom stereocenters. The molecule has 0 spiro atoms. The molecule has 1 aliphatic carbocycles. The molecule has 1 saturated carbocycles. The summed E-state index contributed by atoms with van der Waals surface area (Å²) in [7, 11) is 0. The van der Waals surface area contributed by atoms with E-state index in [1.165, 1.54) is 12.1 Å². The van der Waals surface area contributed by atoms with Crippen molar-refractivity contribution < 1.29 is 22.7 Å². The third-order valence-electron chi connectivity index (χ3n) is 4.08. The smallest absolute Gasteiger partial charge is 0.405 e. The van der Waals surface area contributed by atoms with Crippen LogP contribution in [0, 0.1) is 0 Å². The summed E-state index contributed by atoms with van der Waals surface area (Å²) >= 11 is 0. The zero-order chi connectivity index (χ0) is 16.7. The van der Waals surface area contributed by atoms with Gasteiger partial charge in [0, 0.05) is 16.5 Å². The third kappa shape index (κ3) is 3.02. The molecule has 0 heterocycles. The standard InChI is InChI=1S/C17H14F3NO2/c18-17(19,20)23-14-7-6-11(15(21)22)10-13(14)16(8-9-16)12-4-2-1-3-5-12/h1-7,10H,8-9H2,(H2,21,22). The molecule has 2 N–H and O–H groups in total. The van der Waals surface area contributed by atoms with E-state index in [1.807, 2.05) is 30.3 Å². The zero-order valence-electron chi connectivity index (χ0n) is 12.1. The average Bonchev–Trinajstić information content (AvgIpc) is 3.28. The van der Waals surface area contributed by atoms with Crippen molar-refractivity contribution in [3.63, 3.8) is 0 Å². The maximum absolute atomic E-state index is 12.7. The van der Waals surface area contributed by atoms with Gasteiger partial charge in [0.1, 0.15) is 5.75 Å². The maximum Gasteiger partial charge on any atom is 0.573 e. The molecule has 0 bridgehead atoms. The van der Waals surface area contributed by atoms with E-state index in [2.05, 4.69) is 4.74 Å². The van der Waals surface area contributed by atoms with E-state index >= 15 is 0 Å². The summed E-state index contributed by atoms with van der Waals surface area (Å²) in [6.07, 6.45) is -3.42. The molecule has 2 aromatic carbocycles. The van der Waals surface area contributed by atoms with Crippen molar-refractivity contribution >= 4 is 5.91 Å². The third-order valence-corrected chi connectivity index (χ3v) is 4.08. The molecule has 0 aromatic heterocycles. The molecular formula is C17H14F3NO2. The van der Waals surface area contributed by atoms with Crippen LogP contribution in [0.1, 0.15) is 34.3 Å². The fourth-order valence-electron chi connectivity index (χ4n) is 2.87. The fraction of sp³-hybridized carbons (Fsp3) is 0.235. The first kappa shape index (κ1) is 15.4. The second kappa shape index (κ2) is 5.30. The number of nitrogens with two attached hydrogens (primary N) is 1. The van der Waals surface area contributed by atoms with Gasteiger partial charge in [-0.25, -0.2) is 0 Å². The molecule has 0 aliphatic heterocycles. The highest BCUT2D eigenvalue weighted by molar-refractivity contribution is 5.93. The second-order valence-corrected chi connectivity index (χ2v) is 5.57. The molecule has 2 aromatic rings. The Morgan fingerprint density at radius 3 is 2.26 bits per heavy atom. The van der Waals surface area contributed by atoms with Crippen LogP contribution in [-0.4, -0.2) is 12.3 Å². The minimum Gasteiger partial charge on any atom is -0.405 e. The molecule has 23 heavy (non-hydrogen) atoms. The molecule has 0 atom stereocenters. The lowest BCUT2D eigenvalue weighted by molar-refractivity contribution is -0.275. The summed E-state index contributed by atoms with van der Waals surface area (Å²) < 4.78 is 42.2. The maximum atomic E-state index is 12.7. The minimum absolute atomic E-state index is 0.164. The van der Waals surface area contributed by atoms with E-state index in [4.69, 9.17) is 5.73 Å². The van der Waals surface area contributed by atoms with Crippen molar-refractivity contribution in [3.8, 4) is 5.75 Å². The Balaban J connectivity index is 2.12. The van der Waals surface area contributed by atoms with Crippen molar-refractivity contribution in [1.82, 2.24) is 0 Å². The molecule has 6 heteroatoms. The monoisotopic (exact) mass is 321 g/mol. The van der Waals surface area contributed by atoms with E-state index in [1.54, 1.807) is 0 Å². The Morgan fingerprint density at radius 1 is 1.09 bits per heavy atom. The van der Waals surface area contributed by atoms with Crippen molar-refractivity contribution in [2.24, 2.45) is 5.73 Å². The van der Waals surface area contributed by atoms with Gasteiger partial charge in [0.2, 0.25) is 5.91 Å². The van der Waals surface area contributed by atoms with Crippen molar-refractivity contribution in [1.29, 1.82) is 0 Å². The van der Waals surface area contributed by atoms with Crippen LogP contribution in [0.2, 0.25) is 0 Å². The highest BCUT2D eigenvalue weighted by Crippen LogP contribution is 2.56. The number of ether oxygens (including phenoxy) is 1. The summed E-state index contributed by atoms with van der Waals surface area (Å²) in [5.41, 5.74) is 6.10. The molecule has 3 rings (SSSR count). The number of carbonyl (C=O) groups excluding carboxylic acids is 1. The number of primary amides is 1. The van der Waals surface area contributed by atoms with Crippen LogP contribution >= 0.6 is 0 Å². The first-order valence-electron chi connectivity index (χ1n) is 7.07. The largest absolute Gasteiger partial charge is 0.573 e. The Bertz CT molecular complexity index is 737. The number of alkyl halides is 3. The van der Waals surface area contributed by atoms with Gasteiger partial charge in [-0.1, -0.05) is 30.3 Å². The number of carbonyl (C=O) groups is 1. The van der Waals surface area contributed by atoms with Crippen LogP contribution < -0.4 is 10.5 Å². The van der Waals surface area contributed by atoms with Gasteiger partial charge in [-0.15, -0.1) is 13.2 Å². The van der Waals surface area contributed by atoms with Gasteiger partial charge in [0.25, 0.3) is 0 Å². The quantitative estimate of drug-likeness (QED) is 0.932. The first-order valence-corrected chi connectivity index (χ1v) is 7.07. The SMILES string of the molecule is NC(=O)c1ccc(OC(F)(F)F)c(C2(c3ccccc3)CC2)c1. The van der Waals surface area contributed by atoms with Crippen LogP contribution in [0.25, 0.3) is 0 Å². The second-order valence-electron chi connectivity index (χ2n) is 5.57. The highest BCUT2D eigenvalue weighted by atomic mass is 19.4. The average molecular weight is 321 g/mol. The highest BCUT2D eigenvalue weighted by Gasteiger charge is 2.48. The molecule has 0 saturated heterocycles. The van der Waals surface area contributed by atoms with Crippen molar-refractivity contribution in [2.75, 3.05) is 0 Å². The predicted octanol–water partition coefficient (Wildman–Crippen LogP) is 3.76. The Hall–Kier alpha value is -2.50. The number of hydrogen-bond acceptors (Lipinski definition) is 2. The van der Waals surface area contributed by atoms with E-state index < -0.39 is 17.7 Å². The van der Waals surface area contributed by atoms with Gasteiger partial charge in [-0.2, -0.15) is 0 Å². The molecule has 0 radical (unpaired) electrons. The molecule has 1 amide bonds. The Labute approximate surface area is 130 Å². The van der Waals surface area contributed by atoms with Gasteiger partial charge in [-0.05, 0) is 36.6 Å². The summed E-state index contributed by atoms with van der Waals surface area (Å²) in [5.74, 6) is -0.975. The lowest BCUT2D eigenvalue weighted by atomic mass is 9.86. The minimum atomic E-state index is -4.80. The molecule has 1 aliphatic rings. The molecule has 120 valence electrons. The Morgan fingerprint density at radius 2 is 1.74 bits per heavy atom. The summed E-state index contributed by atoms with van der Waals surface area (Å²) in [4.78, 5) is 11.4. The number of halogens is 3. The molecule has 3 nitrogen and oxygen atoms in total. The van der Waals surface area contributed by atoms with Crippen LogP contribution in [0.4, 0.5) is 13.2 Å². The summed E-state index contributed by atoms with van der Waals surface area (Å²) in [6.45, 7) is 0. The first-order chi connectivity index (χ1) is 10.8. The fourth-order valence-corrected chi connectivity index (χ4v) is 2.87. The van der Waals surface area contributed by atoms with Crippen molar-refractivity contribution in [3.05, 3.63) is 65.2 Å². The lowest BCUT2D eigenvalue weighted by Gasteiger charge is -2.21. The molecular weight excluding hydrogens is 307 g/mol. The van der Waals surface area contributed by atoms with Crippen LogP contribution in [-0.2, 0) is 5.41 Å². The van der Waals surface area contributed by atoms with Gasteiger partial charge in [-0.3, -0.25) is 4.79 Å². The van der Waals surface area contributed by atoms with Gasteiger partial charge in [0.15, 0.2) is 0 Å². The number of amides is 1. The normalized spacial score (nSPS) is 16.0. The topological polar surface area (TPSA) is 52.3 Å². The van der Waals surface area contributed by atoms with E-state index in [-0.39, 0.29) is 11.3 Å². The number of rotatable bonds is 4. The number of hydrogen-bond donors (Lipinski definition) is 1. The van der Waals surface area contributed by atoms with Crippen LogP contribution in [0.3, 0.4) is 0 Å². The lowest BCUT2D eigenvalue weighted by Crippen LogP contribution is -2.21. The zero-order valence-corrected chi connectivity index (χ0v) is 12.1. The van der Waals surface area contributed by atoms with Gasteiger partial charge in [0.05, 0.1) is 0 Å². The van der Waals surface area contributed by atoms with Gasteiger partial charge < -0.3 is 10.5 Å². The van der Waals surface area contributed by atoms with Gasteiger partial charge >= 0.3 is 6.36 Å². The van der Waals surface area contributed by atoms with E-state index in [9.17, 15) is 18.0 Å². The molecule has 1 fully saturated rings. The summed E-state index contributed by atoms with van der Waals surface area (Å²) in [6, 6.07) is 13.0. The van der Waals surface area contributed by atoms with Crippen molar-refractivity contribution in [2.45, 2.75) is 24.6 Å². The van der Waals surface area contributed by atoms with E-state index in [0.717, 1.165) is 11.6 Å². The number of benzene rings is 2. The predicted molar refractivity (Wildman–Crippen MR) is 78.1 cm³/mol.